The zero-order valence-electron chi connectivity index (χ0n) is 14.1. The number of benzene rings is 1. The number of hydrogen-bond acceptors (Lipinski definition) is 3. The Labute approximate surface area is 146 Å². The summed E-state index contributed by atoms with van der Waals surface area (Å²) in [5.41, 5.74) is 1.95. The van der Waals surface area contributed by atoms with Crippen LogP contribution in [0.25, 0.3) is 11.0 Å². The number of carbonyl (C=O) groups is 1. The first kappa shape index (κ1) is 16.7. The smallest absolute Gasteiger partial charge is 0.220 e. The number of aryl methyl sites for hydroxylation is 1. The van der Waals surface area contributed by atoms with Gasteiger partial charge in [0, 0.05) is 11.3 Å². The van der Waals surface area contributed by atoms with Crippen molar-refractivity contribution >= 4 is 28.3 Å². The van der Waals surface area contributed by atoms with Gasteiger partial charge >= 0.3 is 0 Å². The molecule has 1 aromatic carbocycles. The van der Waals surface area contributed by atoms with Crippen molar-refractivity contribution in [2.45, 2.75) is 39.2 Å². The molecular weight excluding hydrogens is 318 g/mol. The Kier molecular flexibility index (Phi) is 5.30. The summed E-state index contributed by atoms with van der Waals surface area (Å²) < 4.78 is 0. The number of thiophene rings is 1. The van der Waals surface area contributed by atoms with Gasteiger partial charge in [0.2, 0.25) is 5.91 Å². The Morgan fingerprint density at radius 2 is 2.08 bits per heavy atom. The molecule has 4 nitrogen and oxygen atoms in total. The Balaban J connectivity index is 1.69. The standard InChI is InChI=1S/C19H23N3OS/c1-13(2)12-17(19-21-15-7-3-4-8-16(15)22-19)20-18(23)10-9-14-6-5-11-24-14/h3-8,11,13,17H,9-10,12H2,1-2H3,(H,20,23)(H,21,22)/t17-/m0/s1. The summed E-state index contributed by atoms with van der Waals surface area (Å²) >= 11 is 1.70. The van der Waals surface area contributed by atoms with E-state index in [-0.39, 0.29) is 11.9 Å². The Morgan fingerprint density at radius 1 is 1.25 bits per heavy atom. The molecular formula is C19H23N3OS. The van der Waals surface area contributed by atoms with Crippen molar-refractivity contribution < 1.29 is 4.79 Å². The maximum Gasteiger partial charge on any atom is 0.220 e. The van der Waals surface area contributed by atoms with Crippen molar-refractivity contribution in [2.75, 3.05) is 0 Å². The Bertz CT molecular complexity index is 759. The zero-order valence-corrected chi connectivity index (χ0v) is 14.9. The molecule has 0 spiro atoms. The molecule has 0 radical (unpaired) electrons. The SMILES string of the molecule is CC(C)C[C@H](NC(=O)CCc1cccs1)c1nc2ccccc2[nH]1. The second-order valence-electron chi connectivity index (χ2n) is 6.47. The maximum absolute atomic E-state index is 12.4. The van der Waals surface area contributed by atoms with E-state index >= 15 is 0 Å². The predicted molar refractivity (Wildman–Crippen MR) is 99.1 cm³/mol. The van der Waals surface area contributed by atoms with Crippen LogP contribution in [0.5, 0.6) is 0 Å². The highest BCUT2D eigenvalue weighted by molar-refractivity contribution is 7.09. The number of fused-ring (bicyclic) bond motifs is 1. The van der Waals surface area contributed by atoms with Gasteiger partial charge in [-0.3, -0.25) is 4.79 Å². The topological polar surface area (TPSA) is 57.8 Å². The van der Waals surface area contributed by atoms with Crippen molar-refractivity contribution in [3.8, 4) is 0 Å². The van der Waals surface area contributed by atoms with Gasteiger partial charge in [-0.25, -0.2) is 4.98 Å². The molecule has 0 aliphatic heterocycles. The minimum atomic E-state index is -0.0757. The summed E-state index contributed by atoms with van der Waals surface area (Å²) in [6.45, 7) is 4.32. The first-order chi connectivity index (χ1) is 11.6. The second-order valence-corrected chi connectivity index (χ2v) is 7.50. The second kappa shape index (κ2) is 7.62. The van der Waals surface area contributed by atoms with Crippen molar-refractivity contribution in [2.24, 2.45) is 5.92 Å². The highest BCUT2D eigenvalue weighted by atomic mass is 32.1. The van der Waals surface area contributed by atoms with E-state index in [1.165, 1.54) is 4.88 Å². The number of aromatic amines is 1. The van der Waals surface area contributed by atoms with E-state index in [9.17, 15) is 4.79 Å². The van der Waals surface area contributed by atoms with E-state index in [1.807, 2.05) is 35.7 Å². The molecule has 1 amide bonds. The van der Waals surface area contributed by atoms with Crippen LogP contribution in [-0.2, 0) is 11.2 Å². The molecule has 5 heteroatoms. The normalized spacial score (nSPS) is 12.6. The number of nitrogens with zero attached hydrogens (tertiary/aromatic N) is 1. The minimum Gasteiger partial charge on any atom is -0.346 e. The summed E-state index contributed by atoms with van der Waals surface area (Å²) in [5, 5.41) is 5.20. The fourth-order valence-corrected chi connectivity index (χ4v) is 3.51. The lowest BCUT2D eigenvalue weighted by molar-refractivity contribution is -0.122. The minimum absolute atomic E-state index is 0.0757. The van der Waals surface area contributed by atoms with Gasteiger partial charge in [-0.2, -0.15) is 0 Å². The lowest BCUT2D eigenvalue weighted by atomic mass is 10.0. The molecule has 0 bridgehead atoms. The van der Waals surface area contributed by atoms with Gasteiger partial charge in [-0.15, -0.1) is 11.3 Å². The lowest BCUT2D eigenvalue weighted by Gasteiger charge is -2.18. The first-order valence-corrected chi connectivity index (χ1v) is 9.26. The van der Waals surface area contributed by atoms with Crippen LogP contribution in [0.15, 0.2) is 41.8 Å². The van der Waals surface area contributed by atoms with Gasteiger partial charge < -0.3 is 10.3 Å². The number of hydrogen-bond donors (Lipinski definition) is 2. The van der Waals surface area contributed by atoms with Crippen LogP contribution in [0.4, 0.5) is 0 Å². The number of nitrogens with one attached hydrogen (secondary N) is 2. The van der Waals surface area contributed by atoms with E-state index in [4.69, 9.17) is 0 Å². The third-order valence-corrected chi connectivity index (χ3v) is 4.89. The van der Waals surface area contributed by atoms with Gasteiger partial charge in [-0.05, 0) is 42.3 Å². The van der Waals surface area contributed by atoms with Gasteiger partial charge in [0.05, 0.1) is 17.1 Å². The van der Waals surface area contributed by atoms with Crippen LogP contribution in [-0.4, -0.2) is 15.9 Å². The monoisotopic (exact) mass is 341 g/mol. The van der Waals surface area contributed by atoms with Crippen molar-refractivity contribution in [3.63, 3.8) is 0 Å². The molecule has 0 saturated heterocycles. The number of aromatic nitrogens is 2. The molecule has 2 heterocycles. The number of rotatable bonds is 7. The van der Waals surface area contributed by atoms with E-state index in [0.29, 0.717) is 12.3 Å². The molecule has 0 aliphatic carbocycles. The highest BCUT2D eigenvalue weighted by Gasteiger charge is 2.19. The summed E-state index contributed by atoms with van der Waals surface area (Å²) in [7, 11) is 0. The molecule has 1 atom stereocenters. The molecule has 0 unspecified atom stereocenters. The number of para-hydroxylation sites is 2. The number of amides is 1. The molecule has 2 aromatic heterocycles. The molecule has 3 aromatic rings. The van der Waals surface area contributed by atoms with Crippen LogP contribution < -0.4 is 5.32 Å². The molecule has 3 rings (SSSR count). The van der Waals surface area contributed by atoms with Crippen molar-refractivity contribution in [1.29, 1.82) is 0 Å². The van der Waals surface area contributed by atoms with E-state index in [1.54, 1.807) is 11.3 Å². The summed E-state index contributed by atoms with van der Waals surface area (Å²) in [6, 6.07) is 12.0. The predicted octanol–water partition coefficient (Wildman–Crippen LogP) is 4.46. The van der Waals surface area contributed by atoms with Gasteiger partial charge in [0.25, 0.3) is 0 Å². The fourth-order valence-electron chi connectivity index (χ4n) is 2.81. The van der Waals surface area contributed by atoms with Gasteiger partial charge in [0.15, 0.2) is 0 Å². The van der Waals surface area contributed by atoms with E-state index in [2.05, 4.69) is 35.2 Å². The van der Waals surface area contributed by atoms with E-state index in [0.717, 1.165) is 29.7 Å². The Morgan fingerprint density at radius 3 is 2.79 bits per heavy atom. The number of H-pyrrole nitrogens is 1. The van der Waals surface area contributed by atoms with Gasteiger partial charge in [0.1, 0.15) is 5.82 Å². The molecule has 0 aliphatic rings. The average molecular weight is 341 g/mol. The van der Waals surface area contributed by atoms with Crippen LogP contribution >= 0.6 is 11.3 Å². The summed E-state index contributed by atoms with van der Waals surface area (Å²) in [6.07, 6.45) is 2.16. The van der Waals surface area contributed by atoms with Crippen LogP contribution in [0.3, 0.4) is 0 Å². The molecule has 24 heavy (non-hydrogen) atoms. The third kappa shape index (κ3) is 4.23. The van der Waals surface area contributed by atoms with Crippen LogP contribution in [0.2, 0.25) is 0 Å². The molecule has 0 fully saturated rings. The van der Waals surface area contributed by atoms with Crippen LogP contribution in [0.1, 0.15) is 43.4 Å². The van der Waals surface area contributed by atoms with Crippen molar-refractivity contribution in [3.05, 3.63) is 52.5 Å². The molecule has 2 N–H and O–H groups in total. The van der Waals surface area contributed by atoms with E-state index < -0.39 is 0 Å². The van der Waals surface area contributed by atoms with Crippen LogP contribution in [0, 0.1) is 5.92 Å². The first-order valence-electron chi connectivity index (χ1n) is 8.38. The fraction of sp³-hybridized carbons (Fsp3) is 0.368. The summed E-state index contributed by atoms with van der Waals surface area (Å²) in [4.78, 5) is 21.6. The highest BCUT2D eigenvalue weighted by Crippen LogP contribution is 2.22. The van der Waals surface area contributed by atoms with Gasteiger partial charge in [-0.1, -0.05) is 32.0 Å². The zero-order chi connectivity index (χ0) is 16.9. The summed E-state index contributed by atoms with van der Waals surface area (Å²) in [5.74, 6) is 1.39. The quantitative estimate of drug-likeness (QED) is 0.666. The largest absolute Gasteiger partial charge is 0.346 e. The third-order valence-electron chi connectivity index (χ3n) is 3.96. The maximum atomic E-state index is 12.4. The number of imidazole rings is 1. The molecule has 0 saturated carbocycles. The van der Waals surface area contributed by atoms with Crippen molar-refractivity contribution in [1.82, 2.24) is 15.3 Å². The average Bonchev–Trinajstić information content (AvgIpc) is 3.21. The Hall–Kier alpha value is -2.14. The lowest BCUT2D eigenvalue weighted by Crippen LogP contribution is -2.30. The molecule has 126 valence electrons. The number of carbonyl (C=O) groups excluding carboxylic acids is 1.